The molecule has 0 aliphatic carbocycles. The Bertz CT molecular complexity index is 1200. The van der Waals surface area contributed by atoms with Gasteiger partial charge in [-0.25, -0.2) is 0 Å². The zero-order valence-corrected chi connectivity index (χ0v) is 26.1. The Hall–Kier alpha value is -1.35. The van der Waals surface area contributed by atoms with E-state index in [1.807, 2.05) is 58.0 Å². The minimum absolute atomic E-state index is 0.253. The molecule has 204 valence electrons. The molecule has 0 bridgehead atoms. The molecule has 1 aromatic carbocycles. The standard InChI is InChI=1S/C28H37B2BrClNO5/c1-10-20(29-35-25(2,3)26(4,5)36-29)24(30-37-27(6,7)28(8,9)38-30)19-14-13-18(32)16-23(19)34-17-22-21(31)12-11-15-33-22/h11-16H,10,17H2,1-9H3/b24-20-. The van der Waals surface area contributed by atoms with Crippen LogP contribution in [0, 0.1) is 0 Å². The molecule has 6 nitrogen and oxygen atoms in total. The second kappa shape index (κ2) is 10.6. The molecule has 0 saturated carbocycles. The number of pyridine rings is 1. The maximum Gasteiger partial charge on any atom is 0.494 e. The van der Waals surface area contributed by atoms with Crippen LogP contribution in [0.5, 0.6) is 5.75 Å². The van der Waals surface area contributed by atoms with Crippen LogP contribution >= 0.6 is 27.5 Å². The van der Waals surface area contributed by atoms with Gasteiger partial charge in [-0.3, -0.25) is 4.98 Å². The van der Waals surface area contributed by atoms with Gasteiger partial charge in [0.05, 0.1) is 28.1 Å². The molecule has 2 aliphatic heterocycles. The predicted molar refractivity (Wildman–Crippen MR) is 157 cm³/mol. The predicted octanol–water partition coefficient (Wildman–Crippen LogP) is 7.50. The van der Waals surface area contributed by atoms with Crippen LogP contribution in [0.25, 0.3) is 5.47 Å². The molecular formula is C28H37B2BrClNO5. The first-order valence-electron chi connectivity index (χ1n) is 13.0. The smallest absolute Gasteiger partial charge is 0.487 e. The molecule has 2 aromatic rings. The lowest BCUT2D eigenvalue weighted by atomic mass is 9.61. The van der Waals surface area contributed by atoms with E-state index in [-0.39, 0.29) is 6.61 Å². The van der Waals surface area contributed by atoms with Crippen LogP contribution in [-0.2, 0) is 25.2 Å². The molecule has 10 heteroatoms. The molecule has 0 radical (unpaired) electrons. The van der Waals surface area contributed by atoms with Crippen molar-refractivity contribution in [2.45, 2.75) is 97.7 Å². The van der Waals surface area contributed by atoms with Crippen molar-refractivity contribution in [3.63, 3.8) is 0 Å². The number of benzene rings is 1. The molecule has 0 spiro atoms. The average Bonchev–Trinajstić information content (AvgIpc) is 3.16. The number of hydrogen-bond acceptors (Lipinski definition) is 6. The lowest BCUT2D eigenvalue weighted by molar-refractivity contribution is 0.00578. The van der Waals surface area contributed by atoms with Crippen molar-refractivity contribution < 1.29 is 23.4 Å². The summed E-state index contributed by atoms with van der Waals surface area (Å²) in [6, 6.07) is 9.43. The fraction of sp³-hybridized carbons (Fsp3) is 0.536. The Kier molecular flexibility index (Phi) is 8.24. The minimum Gasteiger partial charge on any atom is -0.487 e. The van der Waals surface area contributed by atoms with E-state index in [0.717, 1.165) is 26.7 Å². The molecule has 1 aromatic heterocycles. The van der Waals surface area contributed by atoms with E-state index in [4.69, 9.17) is 35.0 Å². The van der Waals surface area contributed by atoms with Crippen LogP contribution in [0.4, 0.5) is 0 Å². The lowest BCUT2D eigenvalue weighted by Crippen LogP contribution is -2.41. The van der Waals surface area contributed by atoms with Gasteiger partial charge in [0, 0.05) is 21.3 Å². The summed E-state index contributed by atoms with van der Waals surface area (Å²) >= 11 is 10.0. The number of hydrogen-bond donors (Lipinski definition) is 0. The Balaban J connectivity index is 1.85. The summed E-state index contributed by atoms with van der Waals surface area (Å²) in [5.74, 6) is 0.599. The third-order valence-corrected chi connectivity index (χ3v) is 9.14. The molecule has 0 unspecified atom stereocenters. The van der Waals surface area contributed by atoms with E-state index in [2.05, 4.69) is 55.5 Å². The van der Waals surface area contributed by atoms with Crippen molar-refractivity contribution in [1.82, 2.24) is 4.98 Å². The summed E-state index contributed by atoms with van der Waals surface area (Å²) < 4.78 is 33.5. The van der Waals surface area contributed by atoms with Crippen LogP contribution in [0.15, 0.2) is 46.5 Å². The molecule has 3 heterocycles. The van der Waals surface area contributed by atoms with Gasteiger partial charge in [0.2, 0.25) is 0 Å². The second-order valence-electron chi connectivity index (χ2n) is 11.8. The highest BCUT2D eigenvalue weighted by molar-refractivity contribution is 9.10. The monoisotopic (exact) mass is 603 g/mol. The van der Waals surface area contributed by atoms with E-state index in [9.17, 15) is 0 Å². The fourth-order valence-electron chi connectivity index (χ4n) is 4.39. The fourth-order valence-corrected chi connectivity index (χ4v) is 4.92. The molecule has 2 fully saturated rings. The third kappa shape index (κ3) is 5.61. The number of rotatable bonds is 7. The highest BCUT2D eigenvalue weighted by Gasteiger charge is 2.57. The SMILES string of the molecule is CC/C(B1OC(C)(C)C(C)(C)O1)=C(/B1OC(C)(C)C(C)(C)O1)c1ccc(Cl)cc1OCc1ncccc1Br. The van der Waals surface area contributed by atoms with Gasteiger partial charge in [-0.1, -0.05) is 24.6 Å². The molecule has 2 aliphatic rings. The first-order valence-corrected chi connectivity index (χ1v) is 14.2. The topological polar surface area (TPSA) is 59.0 Å². The molecule has 0 N–H and O–H groups in total. The molecule has 38 heavy (non-hydrogen) atoms. The number of nitrogens with zero attached hydrogens (tertiary/aromatic N) is 1. The van der Waals surface area contributed by atoms with E-state index in [1.54, 1.807) is 6.20 Å². The van der Waals surface area contributed by atoms with Crippen LogP contribution in [-0.4, -0.2) is 41.6 Å². The van der Waals surface area contributed by atoms with Gasteiger partial charge in [0.1, 0.15) is 12.4 Å². The summed E-state index contributed by atoms with van der Waals surface area (Å²) in [4.78, 5) is 4.45. The van der Waals surface area contributed by atoms with Gasteiger partial charge < -0.3 is 23.4 Å². The number of aromatic nitrogens is 1. The Morgan fingerprint density at radius 3 is 1.97 bits per heavy atom. The average molecular weight is 605 g/mol. The maximum atomic E-state index is 6.59. The van der Waals surface area contributed by atoms with Crippen molar-refractivity contribution in [3.8, 4) is 5.75 Å². The van der Waals surface area contributed by atoms with Gasteiger partial charge >= 0.3 is 14.2 Å². The Morgan fingerprint density at radius 2 is 1.45 bits per heavy atom. The van der Waals surface area contributed by atoms with Gasteiger partial charge in [0.15, 0.2) is 0 Å². The number of allylic oxidation sites excluding steroid dienone is 1. The maximum absolute atomic E-state index is 6.59. The quantitative estimate of drug-likeness (QED) is 0.305. The van der Waals surface area contributed by atoms with Gasteiger partial charge in [0.25, 0.3) is 0 Å². The normalized spacial score (nSPS) is 22.0. The molecule has 0 atom stereocenters. The van der Waals surface area contributed by atoms with Crippen molar-refractivity contribution in [1.29, 1.82) is 0 Å². The molecule has 2 saturated heterocycles. The van der Waals surface area contributed by atoms with Crippen LogP contribution in [0.2, 0.25) is 5.02 Å². The first kappa shape index (κ1) is 29.6. The highest BCUT2D eigenvalue weighted by Crippen LogP contribution is 2.46. The van der Waals surface area contributed by atoms with E-state index >= 15 is 0 Å². The largest absolute Gasteiger partial charge is 0.494 e. The first-order chi connectivity index (χ1) is 17.6. The third-order valence-electron chi connectivity index (χ3n) is 8.19. The van der Waals surface area contributed by atoms with Crippen LogP contribution in [0.3, 0.4) is 0 Å². The van der Waals surface area contributed by atoms with Crippen LogP contribution < -0.4 is 4.74 Å². The zero-order valence-electron chi connectivity index (χ0n) is 23.8. The van der Waals surface area contributed by atoms with Crippen molar-refractivity contribution >= 4 is 47.2 Å². The van der Waals surface area contributed by atoms with E-state index in [1.165, 1.54) is 0 Å². The summed E-state index contributed by atoms with van der Waals surface area (Å²) in [5, 5.41) is 0.561. The lowest BCUT2D eigenvalue weighted by Gasteiger charge is -2.32. The van der Waals surface area contributed by atoms with Gasteiger partial charge in [-0.05, 0) is 113 Å². The summed E-state index contributed by atoms with van der Waals surface area (Å²) in [6.45, 7) is 18.7. The second-order valence-corrected chi connectivity index (χ2v) is 13.1. The summed E-state index contributed by atoms with van der Waals surface area (Å²) in [6.07, 6.45) is 2.40. The van der Waals surface area contributed by atoms with Gasteiger partial charge in [-0.15, -0.1) is 0 Å². The molecule has 4 rings (SSSR count). The van der Waals surface area contributed by atoms with Gasteiger partial charge in [-0.2, -0.15) is 0 Å². The number of ether oxygens (including phenoxy) is 1. The molecular weight excluding hydrogens is 567 g/mol. The van der Waals surface area contributed by atoms with Crippen LogP contribution in [0.1, 0.15) is 80.0 Å². The van der Waals surface area contributed by atoms with Crippen molar-refractivity contribution in [3.05, 3.63) is 62.8 Å². The summed E-state index contributed by atoms with van der Waals surface area (Å²) in [5.41, 5.74) is 1.29. The highest BCUT2D eigenvalue weighted by atomic mass is 79.9. The number of halogens is 2. The van der Waals surface area contributed by atoms with E-state index < -0.39 is 36.6 Å². The summed E-state index contributed by atoms with van der Waals surface area (Å²) in [7, 11) is -1.24. The van der Waals surface area contributed by atoms with Crippen molar-refractivity contribution in [2.24, 2.45) is 0 Å². The Labute approximate surface area is 241 Å². The zero-order chi connectivity index (χ0) is 28.1. The van der Waals surface area contributed by atoms with Crippen molar-refractivity contribution in [2.75, 3.05) is 0 Å². The minimum atomic E-state index is -0.668. The Morgan fingerprint density at radius 1 is 0.895 bits per heavy atom. The van der Waals surface area contributed by atoms with E-state index in [0.29, 0.717) is 17.2 Å². The molecule has 0 amide bonds.